The Morgan fingerprint density at radius 2 is 1.65 bits per heavy atom. The van der Waals surface area contributed by atoms with Crippen molar-refractivity contribution >= 4 is 5.82 Å². The summed E-state index contributed by atoms with van der Waals surface area (Å²) in [6.45, 7) is 5.89. The van der Waals surface area contributed by atoms with Crippen LogP contribution < -0.4 is 11.2 Å². The number of aromatic nitrogens is 2. The zero-order chi connectivity index (χ0) is 12.6. The lowest BCUT2D eigenvalue weighted by molar-refractivity contribution is 0.806. The van der Waals surface area contributed by atoms with Crippen LogP contribution in [0.2, 0.25) is 0 Å². The van der Waals surface area contributed by atoms with E-state index < -0.39 is 0 Å². The van der Waals surface area contributed by atoms with Crippen LogP contribution in [0.4, 0.5) is 5.82 Å². The van der Waals surface area contributed by atoms with Crippen molar-refractivity contribution in [2.24, 2.45) is 0 Å². The van der Waals surface area contributed by atoms with Gasteiger partial charge in [-0.2, -0.15) is 0 Å². The highest BCUT2D eigenvalue weighted by Crippen LogP contribution is 2.14. The molecule has 88 valence electrons. The van der Waals surface area contributed by atoms with Crippen LogP contribution in [-0.2, 0) is 0 Å². The van der Waals surface area contributed by atoms with Crippen molar-refractivity contribution in [3.63, 3.8) is 0 Å². The molecule has 2 N–H and O–H groups in total. The molecule has 0 bridgehead atoms. The maximum atomic E-state index is 11.4. The maximum absolute atomic E-state index is 11.4. The normalized spacial score (nSPS) is 10.5. The number of aryl methyl sites for hydroxylation is 3. The second kappa shape index (κ2) is 4.05. The lowest BCUT2D eigenvalue weighted by Crippen LogP contribution is -2.17. The van der Waals surface area contributed by atoms with Crippen LogP contribution in [0.3, 0.4) is 0 Å². The molecule has 4 heteroatoms. The molecule has 1 heterocycles. The topological polar surface area (TPSA) is 60.9 Å². The third-order valence-electron chi connectivity index (χ3n) is 2.59. The summed E-state index contributed by atoms with van der Waals surface area (Å²) in [5.41, 5.74) is 9.32. The predicted molar refractivity (Wildman–Crippen MR) is 68.5 cm³/mol. The van der Waals surface area contributed by atoms with Gasteiger partial charge in [-0.15, -0.1) is 5.10 Å². The van der Waals surface area contributed by atoms with Crippen molar-refractivity contribution in [1.29, 1.82) is 0 Å². The Balaban J connectivity index is 2.68. The van der Waals surface area contributed by atoms with Gasteiger partial charge in [0.1, 0.15) is 0 Å². The van der Waals surface area contributed by atoms with Gasteiger partial charge in [0.15, 0.2) is 5.82 Å². The highest BCUT2D eigenvalue weighted by molar-refractivity contribution is 5.41. The van der Waals surface area contributed by atoms with Crippen molar-refractivity contribution < 1.29 is 0 Å². The third kappa shape index (κ3) is 2.20. The van der Waals surface area contributed by atoms with Gasteiger partial charge in [0.25, 0.3) is 0 Å². The summed E-state index contributed by atoms with van der Waals surface area (Å²) in [5, 5.41) is 4.11. The smallest absolute Gasteiger partial charge is 0.224 e. The Morgan fingerprint density at radius 3 is 2.24 bits per heavy atom. The van der Waals surface area contributed by atoms with Gasteiger partial charge < -0.3 is 5.73 Å². The van der Waals surface area contributed by atoms with E-state index in [2.05, 4.69) is 11.2 Å². The predicted octanol–water partition coefficient (Wildman–Crippen LogP) is 1.74. The first-order valence-electron chi connectivity index (χ1n) is 5.42. The molecule has 1 aromatic carbocycles. The molecule has 0 spiro atoms. The van der Waals surface area contributed by atoms with Gasteiger partial charge in [0.05, 0.1) is 5.69 Å². The Labute approximate surface area is 99.7 Å². The van der Waals surface area contributed by atoms with Crippen LogP contribution >= 0.6 is 0 Å². The highest BCUT2D eigenvalue weighted by atomic mass is 16.1. The summed E-state index contributed by atoms with van der Waals surface area (Å²) < 4.78 is 1.69. The number of hydrogen-bond acceptors (Lipinski definition) is 3. The quantitative estimate of drug-likeness (QED) is 0.810. The number of nitrogens with two attached hydrogens (primary N) is 1. The highest BCUT2D eigenvalue weighted by Gasteiger charge is 2.05. The number of anilines is 1. The molecule has 0 atom stereocenters. The molecule has 0 unspecified atom stereocenters. The lowest BCUT2D eigenvalue weighted by Gasteiger charge is -2.11. The Kier molecular flexibility index (Phi) is 2.71. The minimum atomic E-state index is -0.233. The van der Waals surface area contributed by atoms with Crippen LogP contribution in [0.5, 0.6) is 0 Å². The van der Waals surface area contributed by atoms with E-state index >= 15 is 0 Å². The molecular weight excluding hydrogens is 214 g/mol. The first-order chi connectivity index (χ1) is 7.97. The monoisotopic (exact) mass is 229 g/mol. The molecule has 4 nitrogen and oxygen atoms in total. The number of hydrogen-bond donors (Lipinski definition) is 1. The summed E-state index contributed by atoms with van der Waals surface area (Å²) in [6.07, 6.45) is 0. The number of nitrogen functional groups attached to an aromatic ring is 1. The SMILES string of the molecule is Cc1cc(C)cc(-n2nc(N)c(=O)cc2C)c1. The molecule has 0 radical (unpaired) electrons. The zero-order valence-electron chi connectivity index (χ0n) is 10.2. The average molecular weight is 229 g/mol. The minimum Gasteiger partial charge on any atom is -0.379 e. The van der Waals surface area contributed by atoms with E-state index in [1.165, 1.54) is 6.07 Å². The van der Waals surface area contributed by atoms with Gasteiger partial charge in [-0.1, -0.05) is 6.07 Å². The summed E-state index contributed by atoms with van der Waals surface area (Å²) in [5.74, 6) is 0.0229. The van der Waals surface area contributed by atoms with E-state index in [4.69, 9.17) is 5.73 Å². The second-order valence-corrected chi connectivity index (χ2v) is 4.29. The summed E-state index contributed by atoms with van der Waals surface area (Å²) in [4.78, 5) is 11.4. The molecule has 17 heavy (non-hydrogen) atoms. The number of benzene rings is 1. The molecule has 0 amide bonds. The first kappa shape index (κ1) is 11.4. The fourth-order valence-electron chi connectivity index (χ4n) is 1.89. The van der Waals surface area contributed by atoms with E-state index in [0.717, 1.165) is 22.5 Å². The molecule has 0 saturated carbocycles. The molecule has 0 saturated heterocycles. The first-order valence-corrected chi connectivity index (χ1v) is 5.42. The van der Waals surface area contributed by atoms with Crippen LogP contribution in [0.15, 0.2) is 29.1 Å². The maximum Gasteiger partial charge on any atom is 0.224 e. The van der Waals surface area contributed by atoms with E-state index in [1.54, 1.807) is 4.68 Å². The van der Waals surface area contributed by atoms with Crippen molar-refractivity contribution in [3.8, 4) is 5.69 Å². The molecule has 0 aliphatic heterocycles. The molecule has 2 aromatic rings. The zero-order valence-corrected chi connectivity index (χ0v) is 10.2. The van der Waals surface area contributed by atoms with Crippen molar-refractivity contribution in [3.05, 3.63) is 51.3 Å². The van der Waals surface area contributed by atoms with Gasteiger partial charge in [-0.3, -0.25) is 4.79 Å². The fraction of sp³-hybridized carbons (Fsp3) is 0.231. The third-order valence-corrected chi connectivity index (χ3v) is 2.59. The van der Waals surface area contributed by atoms with Crippen LogP contribution in [0, 0.1) is 20.8 Å². The molecule has 1 aromatic heterocycles. The minimum absolute atomic E-state index is 0.0229. The van der Waals surface area contributed by atoms with Crippen LogP contribution in [0.1, 0.15) is 16.8 Å². The molecule has 0 aliphatic rings. The standard InChI is InChI=1S/C13H15N3O/c1-8-4-9(2)6-11(5-8)16-10(3)7-12(17)13(14)15-16/h4-7H,1-3H3,(H2,14,15). The molecular formula is C13H15N3O. The van der Waals surface area contributed by atoms with Gasteiger partial charge in [0.2, 0.25) is 5.43 Å². The van der Waals surface area contributed by atoms with Crippen molar-refractivity contribution in [2.45, 2.75) is 20.8 Å². The van der Waals surface area contributed by atoms with E-state index in [1.807, 2.05) is 32.9 Å². The molecule has 0 fully saturated rings. The molecule has 2 rings (SSSR count). The van der Waals surface area contributed by atoms with Gasteiger partial charge in [-0.05, 0) is 44.0 Å². The number of rotatable bonds is 1. The average Bonchev–Trinajstić information content (AvgIpc) is 2.22. The summed E-state index contributed by atoms with van der Waals surface area (Å²) in [7, 11) is 0. The molecule has 0 aliphatic carbocycles. The van der Waals surface area contributed by atoms with Crippen LogP contribution in [-0.4, -0.2) is 9.78 Å². The summed E-state index contributed by atoms with van der Waals surface area (Å²) in [6, 6.07) is 7.61. The Morgan fingerprint density at radius 1 is 1.06 bits per heavy atom. The van der Waals surface area contributed by atoms with Gasteiger partial charge in [-0.25, -0.2) is 4.68 Å². The lowest BCUT2D eigenvalue weighted by atomic mass is 10.1. The van der Waals surface area contributed by atoms with E-state index in [9.17, 15) is 4.79 Å². The van der Waals surface area contributed by atoms with Gasteiger partial charge >= 0.3 is 0 Å². The Hall–Kier alpha value is -2.10. The van der Waals surface area contributed by atoms with E-state index in [-0.39, 0.29) is 11.2 Å². The van der Waals surface area contributed by atoms with Gasteiger partial charge in [0, 0.05) is 11.8 Å². The van der Waals surface area contributed by atoms with Crippen molar-refractivity contribution in [1.82, 2.24) is 9.78 Å². The van der Waals surface area contributed by atoms with E-state index in [0.29, 0.717) is 0 Å². The Bertz CT molecular complexity index is 609. The second-order valence-electron chi connectivity index (χ2n) is 4.29. The number of nitrogens with zero attached hydrogens (tertiary/aromatic N) is 2. The van der Waals surface area contributed by atoms with Crippen LogP contribution in [0.25, 0.3) is 5.69 Å². The largest absolute Gasteiger partial charge is 0.379 e. The summed E-state index contributed by atoms with van der Waals surface area (Å²) >= 11 is 0. The fourth-order valence-corrected chi connectivity index (χ4v) is 1.89. The van der Waals surface area contributed by atoms with Crippen molar-refractivity contribution in [2.75, 3.05) is 5.73 Å².